The predicted octanol–water partition coefficient (Wildman–Crippen LogP) is 0.894. The van der Waals surface area contributed by atoms with E-state index in [0.29, 0.717) is 16.1 Å². The molecular formula is C11H14N2O3S. The van der Waals surface area contributed by atoms with Gasteiger partial charge in [-0.25, -0.2) is 0 Å². The summed E-state index contributed by atoms with van der Waals surface area (Å²) >= 11 is 1.22. The Morgan fingerprint density at radius 1 is 1.47 bits per heavy atom. The van der Waals surface area contributed by atoms with E-state index >= 15 is 0 Å². The molecule has 0 aliphatic carbocycles. The molecule has 3 N–H and O–H groups in total. The van der Waals surface area contributed by atoms with Crippen LogP contribution in [0.5, 0.6) is 0 Å². The number of thioether (sulfide) groups is 1. The van der Waals surface area contributed by atoms with Gasteiger partial charge in [-0.2, -0.15) is 0 Å². The van der Waals surface area contributed by atoms with Crippen molar-refractivity contribution in [1.82, 2.24) is 5.32 Å². The minimum atomic E-state index is -0.347. The van der Waals surface area contributed by atoms with Crippen molar-refractivity contribution in [3.63, 3.8) is 0 Å². The highest BCUT2D eigenvalue weighted by Gasteiger charge is 2.12. The summed E-state index contributed by atoms with van der Waals surface area (Å²) in [5, 5.41) is 2.53. The molecule has 0 fully saturated rings. The van der Waals surface area contributed by atoms with Crippen LogP contribution in [-0.2, 0) is 9.53 Å². The lowest BCUT2D eigenvalue weighted by Crippen LogP contribution is -2.19. The number of anilines is 1. The first-order chi connectivity index (χ1) is 8.08. The molecule has 0 aliphatic heterocycles. The van der Waals surface area contributed by atoms with E-state index in [1.807, 2.05) is 0 Å². The van der Waals surface area contributed by atoms with E-state index in [1.165, 1.54) is 18.9 Å². The van der Waals surface area contributed by atoms with Gasteiger partial charge in [0.05, 0.1) is 18.4 Å². The van der Waals surface area contributed by atoms with Crippen LogP contribution in [0.1, 0.15) is 10.4 Å². The molecule has 0 saturated heterocycles. The molecule has 0 bridgehead atoms. The molecule has 0 spiro atoms. The van der Waals surface area contributed by atoms with Crippen LogP contribution in [0, 0.1) is 0 Å². The first kappa shape index (κ1) is 13.4. The van der Waals surface area contributed by atoms with Gasteiger partial charge >= 0.3 is 5.97 Å². The Morgan fingerprint density at radius 3 is 2.76 bits per heavy atom. The average Bonchev–Trinajstić information content (AvgIpc) is 2.35. The molecule has 1 amide bonds. The quantitative estimate of drug-likeness (QED) is 0.474. The van der Waals surface area contributed by atoms with Crippen LogP contribution in [0.25, 0.3) is 0 Å². The third-order valence-corrected chi connectivity index (χ3v) is 3.08. The maximum Gasteiger partial charge on any atom is 0.315 e. The molecule has 0 unspecified atom stereocenters. The van der Waals surface area contributed by atoms with Crippen LogP contribution in [0.4, 0.5) is 5.69 Å². The van der Waals surface area contributed by atoms with Gasteiger partial charge in [-0.05, 0) is 18.2 Å². The summed E-state index contributed by atoms with van der Waals surface area (Å²) < 4.78 is 4.54. The summed E-state index contributed by atoms with van der Waals surface area (Å²) in [4.78, 5) is 23.3. The number of benzene rings is 1. The molecule has 6 heteroatoms. The highest BCUT2D eigenvalue weighted by molar-refractivity contribution is 8.00. The molecule has 1 aromatic carbocycles. The molecule has 0 aliphatic rings. The van der Waals surface area contributed by atoms with Gasteiger partial charge in [0.1, 0.15) is 0 Å². The lowest BCUT2D eigenvalue weighted by molar-refractivity contribution is -0.137. The lowest BCUT2D eigenvalue weighted by atomic mass is 10.2. The number of amides is 1. The zero-order valence-corrected chi connectivity index (χ0v) is 10.5. The van der Waals surface area contributed by atoms with E-state index < -0.39 is 0 Å². The minimum absolute atomic E-state index is 0.143. The van der Waals surface area contributed by atoms with E-state index in [2.05, 4.69) is 10.1 Å². The Kier molecular flexibility index (Phi) is 4.84. The van der Waals surface area contributed by atoms with Crippen molar-refractivity contribution in [3.8, 4) is 0 Å². The van der Waals surface area contributed by atoms with Gasteiger partial charge in [-0.3, -0.25) is 9.59 Å². The van der Waals surface area contributed by atoms with Crippen molar-refractivity contribution >= 4 is 29.3 Å². The molecule has 1 rings (SSSR count). The summed E-state index contributed by atoms with van der Waals surface area (Å²) in [6.07, 6.45) is 0. The number of ether oxygens (including phenoxy) is 1. The van der Waals surface area contributed by atoms with E-state index in [-0.39, 0.29) is 17.6 Å². The van der Waals surface area contributed by atoms with Gasteiger partial charge in [0.25, 0.3) is 5.91 Å². The Morgan fingerprint density at radius 2 is 2.18 bits per heavy atom. The molecular weight excluding hydrogens is 240 g/mol. The fourth-order valence-electron chi connectivity index (χ4n) is 1.18. The Hall–Kier alpha value is -1.69. The summed E-state index contributed by atoms with van der Waals surface area (Å²) in [5.41, 5.74) is 6.69. The topological polar surface area (TPSA) is 81.4 Å². The van der Waals surface area contributed by atoms with Crippen molar-refractivity contribution in [2.75, 3.05) is 25.6 Å². The number of rotatable bonds is 4. The number of carbonyl (C=O) groups is 2. The summed E-state index contributed by atoms with van der Waals surface area (Å²) in [5.74, 6) is -0.415. The largest absolute Gasteiger partial charge is 0.468 e. The fraction of sp³-hybridized carbons (Fsp3) is 0.273. The number of nitrogens with one attached hydrogen (secondary N) is 1. The second-order valence-electron chi connectivity index (χ2n) is 3.20. The average molecular weight is 254 g/mol. The van der Waals surface area contributed by atoms with E-state index in [9.17, 15) is 9.59 Å². The number of nitrogens with two attached hydrogens (primary N) is 1. The van der Waals surface area contributed by atoms with Crippen molar-refractivity contribution in [1.29, 1.82) is 0 Å². The summed E-state index contributed by atoms with van der Waals surface area (Å²) in [7, 11) is 2.87. The standard InChI is InChI=1S/C11H14N2O3S/c1-13-11(15)8-4-3-7(12)5-9(8)17-6-10(14)16-2/h3-5H,6,12H2,1-2H3,(H,13,15). The zero-order valence-electron chi connectivity index (χ0n) is 9.65. The molecule has 92 valence electrons. The number of nitrogen functional groups attached to an aromatic ring is 1. The van der Waals surface area contributed by atoms with Crippen LogP contribution < -0.4 is 11.1 Å². The van der Waals surface area contributed by atoms with Crippen molar-refractivity contribution in [2.24, 2.45) is 0 Å². The highest BCUT2D eigenvalue weighted by Crippen LogP contribution is 2.25. The van der Waals surface area contributed by atoms with Crippen LogP contribution in [-0.4, -0.2) is 31.8 Å². The molecule has 0 saturated carbocycles. The Bertz CT molecular complexity index is 435. The zero-order chi connectivity index (χ0) is 12.8. The number of methoxy groups -OCH3 is 1. The van der Waals surface area contributed by atoms with Gasteiger partial charge in [-0.1, -0.05) is 0 Å². The molecule has 0 heterocycles. The smallest absolute Gasteiger partial charge is 0.315 e. The molecule has 0 aromatic heterocycles. The summed E-state index contributed by atoms with van der Waals surface area (Å²) in [6.45, 7) is 0. The van der Waals surface area contributed by atoms with Gasteiger partial charge in [0.15, 0.2) is 0 Å². The van der Waals surface area contributed by atoms with E-state index in [0.717, 1.165) is 0 Å². The number of hydrogen-bond donors (Lipinski definition) is 2. The second-order valence-corrected chi connectivity index (χ2v) is 4.22. The maximum atomic E-state index is 11.6. The fourth-order valence-corrected chi connectivity index (χ4v) is 2.10. The van der Waals surface area contributed by atoms with Crippen molar-refractivity contribution in [3.05, 3.63) is 23.8 Å². The van der Waals surface area contributed by atoms with Crippen molar-refractivity contribution < 1.29 is 14.3 Å². The van der Waals surface area contributed by atoms with E-state index in [4.69, 9.17) is 5.73 Å². The number of esters is 1. The van der Waals surface area contributed by atoms with Gasteiger partial charge < -0.3 is 15.8 Å². The van der Waals surface area contributed by atoms with E-state index in [1.54, 1.807) is 25.2 Å². The normalized spacial score (nSPS) is 9.76. The highest BCUT2D eigenvalue weighted by atomic mass is 32.2. The maximum absolute atomic E-state index is 11.6. The summed E-state index contributed by atoms with van der Waals surface area (Å²) in [6, 6.07) is 4.94. The van der Waals surface area contributed by atoms with Crippen LogP contribution >= 0.6 is 11.8 Å². The molecule has 0 atom stereocenters. The Balaban J connectivity index is 2.91. The second kappa shape index (κ2) is 6.15. The monoisotopic (exact) mass is 254 g/mol. The number of hydrogen-bond acceptors (Lipinski definition) is 5. The first-order valence-corrected chi connectivity index (χ1v) is 5.88. The molecule has 0 radical (unpaired) electrons. The molecule has 5 nitrogen and oxygen atoms in total. The van der Waals surface area contributed by atoms with Gasteiger partial charge in [0.2, 0.25) is 0 Å². The predicted molar refractivity (Wildman–Crippen MR) is 67.0 cm³/mol. The Labute approximate surface area is 104 Å². The van der Waals surface area contributed by atoms with Gasteiger partial charge in [0, 0.05) is 17.6 Å². The van der Waals surface area contributed by atoms with Crippen LogP contribution in [0.15, 0.2) is 23.1 Å². The minimum Gasteiger partial charge on any atom is -0.468 e. The molecule has 17 heavy (non-hydrogen) atoms. The van der Waals surface area contributed by atoms with Crippen LogP contribution in [0.2, 0.25) is 0 Å². The third kappa shape index (κ3) is 3.67. The van der Waals surface area contributed by atoms with Crippen molar-refractivity contribution in [2.45, 2.75) is 4.90 Å². The SMILES string of the molecule is CNC(=O)c1ccc(N)cc1SCC(=O)OC. The van der Waals surface area contributed by atoms with Crippen LogP contribution in [0.3, 0.4) is 0 Å². The van der Waals surface area contributed by atoms with Gasteiger partial charge in [-0.15, -0.1) is 11.8 Å². The lowest BCUT2D eigenvalue weighted by Gasteiger charge is -2.08. The molecule has 1 aromatic rings. The third-order valence-electron chi connectivity index (χ3n) is 2.05. The first-order valence-electron chi connectivity index (χ1n) is 4.89. The number of carbonyl (C=O) groups excluding carboxylic acids is 2.